The molecule has 0 aliphatic heterocycles. The highest BCUT2D eigenvalue weighted by atomic mass is 14.6. The van der Waals surface area contributed by atoms with E-state index >= 15 is 0 Å². The van der Waals surface area contributed by atoms with Crippen LogP contribution in [0.2, 0.25) is 0 Å². The second-order valence-corrected chi connectivity index (χ2v) is 5.02. The molecule has 1 nitrogen and oxygen atoms in total. The molecule has 0 bridgehead atoms. The average molecular weight is 217 g/mol. The van der Waals surface area contributed by atoms with E-state index < -0.39 is 0 Å². The van der Waals surface area contributed by atoms with Gasteiger partial charge in [-0.25, -0.2) is 0 Å². The monoisotopic (exact) mass is 217 g/mol. The number of benzene rings is 1. The molecule has 2 N–H and O–H groups in total. The average Bonchev–Trinajstić information content (AvgIpc) is 3.13. The van der Waals surface area contributed by atoms with E-state index in [-0.39, 0.29) is 0 Å². The summed E-state index contributed by atoms with van der Waals surface area (Å²) in [5, 5.41) is 0. The summed E-state index contributed by atoms with van der Waals surface area (Å²) in [7, 11) is 0. The Labute approximate surface area is 99.0 Å². The molecule has 0 spiro atoms. The molecular weight excluding hydrogens is 194 g/mol. The number of hydrogen-bond donors (Lipinski definition) is 1. The molecule has 0 amide bonds. The van der Waals surface area contributed by atoms with Crippen molar-refractivity contribution < 1.29 is 0 Å². The molecule has 1 heteroatoms. The van der Waals surface area contributed by atoms with Crippen LogP contribution in [-0.4, -0.2) is 6.54 Å². The normalized spacial score (nSPS) is 17.4. The predicted molar refractivity (Wildman–Crippen MR) is 69.6 cm³/mol. The predicted octanol–water partition coefficient (Wildman–Crippen LogP) is 3.48. The van der Waals surface area contributed by atoms with Gasteiger partial charge in [0.05, 0.1) is 0 Å². The number of aryl methyl sites for hydroxylation is 1. The summed E-state index contributed by atoms with van der Waals surface area (Å²) in [4.78, 5) is 0. The maximum Gasteiger partial charge on any atom is -0.000556 e. The zero-order valence-electron chi connectivity index (χ0n) is 10.3. The molecule has 1 aliphatic carbocycles. The number of rotatable bonds is 6. The van der Waals surface area contributed by atoms with Crippen molar-refractivity contribution >= 4 is 0 Å². The number of nitrogens with two attached hydrogens (primary N) is 1. The third kappa shape index (κ3) is 2.85. The fourth-order valence-electron chi connectivity index (χ4n) is 2.41. The zero-order valence-corrected chi connectivity index (χ0v) is 10.3. The summed E-state index contributed by atoms with van der Waals surface area (Å²) in [5.41, 5.74) is 8.78. The quantitative estimate of drug-likeness (QED) is 0.775. The zero-order chi connectivity index (χ0) is 11.4. The molecule has 1 aromatic carbocycles. The summed E-state index contributed by atoms with van der Waals surface area (Å²) in [6, 6.07) is 9.16. The minimum atomic E-state index is 0.611. The van der Waals surface area contributed by atoms with Gasteiger partial charge in [-0.2, -0.15) is 0 Å². The van der Waals surface area contributed by atoms with Gasteiger partial charge >= 0.3 is 0 Å². The fourth-order valence-corrected chi connectivity index (χ4v) is 2.41. The molecule has 1 fully saturated rings. The topological polar surface area (TPSA) is 26.0 Å². The van der Waals surface area contributed by atoms with E-state index in [1.807, 2.05) is 0 Å². The Hall–Kier alpha value is -0.820. The van der Waals surface area contributed by atoms with E-state index in [0.717, 1.165) is 12.5 Å². The van der Waals surface area contributed by atoms with E-state index in [2.05, 4.69) is 31.2 Å². The van der Waals surface area contributed by atoms with Crippen molar-refractivity contribution in [1.29, 1.82) is 0 Å². The third-order valence-electron chi connectivity index (χ3n) is 3.67. The summed E-state index contributed by atoms with van der Waals surface area (Å²) < 4.78 is 0. The summed E-state index contributed by atoms with van der Waals surface area (Å²) in [5.74, 6) is 1.48. The first kappa shape index (κ1) is 11.7. The van der Waals surface area contributed by atoms with Crippen LogP contribution >= 0.6 is 0 Å². The Kier molecular flexibility index (Phi) is 4.00. The van der Waals surface area contributed by atoms with Crippen molar-refractivity contribution in [3.05, 3.63) is 35.4 Å². The Morgan fingerprint density at radius 1 is 1.25 bits per heavy atom. The van der Waals surface area contributed by atoms with Gasteiger partial charge in [0.2, 0.25) is 0 Å². The summed E-state index contributed by atoms with van der Waals surface area (Å²) in [6.45, 7) is 3.05. The van der Waals surface area contributed by atoms with Gasteiger partial charge in [-0.3, -0.25) is 0 Å². The standard InChI is InChI=1S/C15H23N/c1-2-3-4-12-5-7-13(8-6-12)15(11-16)14-9-10-14/h5-8,14-15H,2-4,9-11,16H2,1H3. The molecule has 0 radical (unpaired) electrons. The van der Waals surface area contributed by atoms with Gasteiger partial charge in [-0.15, -0.1) is 0 Å². The lowest BCUT2D eigenvalue weighted by Gasteiger charge is -2.14. The second kappa shape index (κ2) is 5.49. The van der Waals surface area contributed by atoms with Gasteiger partial charge in [0.1, 0.15) is 0 Å². The van der Waals surface area contributed by atoms with Crippen molar-refractivity contribution in [2.45, 2.75) is 44.9 Å². The van der Waals surface area contributed by atoms with Crippen molar-refractivity contribution in [2.75, 3.05) is 6.54 Å². The van der Waals surface area contributed by atoms with E-state index in [4.69, 9.17) is 5.73 Å². The highest BCUT2D eigenvalue weighted by molar-refractivity contribution is 5.27. The molecular formula is C15H23N. The maximum absolute atomic E-state index is 5.86. The Morgan fingerprint density at radius 2 is 1.94 bits per heavy atom. The Balaban J connectivity index is 1.99. The Bertz CT molecular complexity index is 311. The highest BCUT2D eigenvalue weighted by Crippen LogP contribution is 2.41. The fraction of sp³-hybridized carbons (Fsp3) is 0.600. The minimum absolute atomic E-state index is 0.611. The van der Waals surface area contributed by atoms with Crippen LogP contribution in [0.25, 0.3) is 0 Å². The van der Waals surface area contributed by atoms with E-state index in [9.17, 15) is 0 Å². The van der Waals surface area contributed by atoms with Crippen LogP contribution in [0, 0.1) is 5.92 Å². The number of unbranched alkanes of at least 4 members (excludes halogenated alkanes) is 1. The lowest BCUT2D eigenvalue weighted by Crippen LogP contribution is -2.14. The van der Waals surface area contributed by atoms with Gasteiger partial charge in [0.25, 0.3) is 0 Å². The van der Waals surface area contributed by atoms with Crippen LogP contribution in [0.15, 0.2) is 24.3 Å². The van der Waals surface area contributed by atoms with Crippen molar-refractivity contribution in [3.8, 4) is 0 Å². The molecule has 1 unspecified atom stereocenters. The molecule has 1 aromatic rings. The van der Waals surface area contributed by atoms with Crippen LogP contribution in [0.4, 0.5) is 0 Å². The van der Waals surface area contributed by atoms with Crippen molar-refractivity contribution in [2.24, 2.45) is 11.7 Å². The van der Waals surface area contributed by atoms with Gasteiger partial charge < -0.3 is 5.73 Å². The molecule has 1 atom stereocenters. The summed E-state index contributed by atoms with van der Waals surface area (Å²) >= 11 is 0. The van der Waals surface area contributed by atoms with Crippen molar-refractivity contribution in [3.63, 3.8) is 0 Å². The van der Waals surface area contributed by atoms with Gasteiger partial charge in [-0.05, 0) is 55.2 Å². The Morgan fingerprint density at radius 3 is 2.44 bits per heavy atom. The van der Waals surface area contributed by atoms with Crippen LogP contribution < -0.4 is 5.73 Å². The van der Waals surface area contributed by atoms with Crippen molar-refractivity contribution in [1.82, 2.24) is 0 Å². The number of hydrogen-bond acceptors (Lipinski definition) is 1. The maximum atomic E-state index is 5.86. The molecule has 0 saturated heterocycles. The lowest BCUT2D eigenvalue weighted by atomic mass is 9.93. The lowest BCUT2D eigenvalue weighted by molar-refractivity contribution is 0.615. The molecule has 0 heterocycles. The molecule has 88 valence electrons. The molecule has 1 aliphatic rings. The summed E-state index contributed by atoms with van der Waals surface area (Å²) in [6.07, 6.45) is 6.53. The smallest absolute Gasteiger partial charge is 0.000556 e. The third-order valence-corrected chi connectivity index (χ3v) is 3.67. The first-order valence-electron chi connectivity index (χ1n) is 6.64. The van der Waals surface area contributed by atoms with Gasteiger partial charge in [0.15, 0.2) is 0 Å². The van der Waals surface area contributed by atoms with Crippen LogP contribution in [0.1, 0.15) is 49.7 Å². The second-order valence-electron chi connectivity index (χ2n) is 5.02. The van der Waals surface area contributed by atoms with Gasteiger partial charge in [-0.1, -0.05) is 37.6 Å². The van der Waals surface area contributed by atoms with Gasteiger partial charge in [0, 0.05) is 0 Å². The first-order valence-corrected chi connectivity index (χ1v) is 6.64. The molecule has 1 saturated carbocycles. The van der Waals surface area contributed by atoms with E-state index in [1.165, 1.54) is 43.2 Å². The molecule has 16 heavy (non-hydrogen) atoms. The first-order chi connectivity index (χ1) is 7.85. The van der Waals surface area contributed by atoms with E-state index in [0.29, 0.717) is 5.92 Å². The van der Waals surface area contributed by atoms with E-state index in [1.54, 1.807) is 0 Å². The SMILES string of the molecule is CCCCc1ccc(C(CN)C2CC2)cc1. The van der Waals surface area contributed by atoms with Crippen LogP contribution in [0.3, 0.4) is 0 Å². The molecule has 2 rings (SSSR count). The molecule has 0 aromatic heterocycles. The minimum Gasteiger partial charge on any atom is -0.330 e. The van der Waals surface area contributed by atoms with Crippen LogP contribution in [0.5, 0.6) is 0 Å². The highest BCUT2D eigenvalue weighted by Gasteiger charge is 2.30. The largest absolute Gasteiger partial charge is 0.330 e. The van der Waals surface area contributed by atoms with Crippen LogP contribution in [-0.2, 0) is 6.42 Å².